The average molecular weight is 377 g/mol. The number of carbonyl (C=O) groups excluding carboxylic acids is 1. The molecular formula is C20H19N5OS. The van der Waals surface area contributed by atoms with Gasteiger partial charge in [0.25, 0.3) is 0 Å². The van der Waals surface area contributed by atoms with Crippen LogP contribution in [0.5, 0.6) is 0 Å². The molecule has 0 unspecified atom stereocenters. The number of nitrogens with one attached hydrogen (secondary N) is 1. The van der Waals surface area contributed by atoms with E-state index in [4.69, 9.17) is 5.26 Å². The summed E-state index contributed by atoms with van der Waals surface area (Å²) in [5.41, 5.74) is 2.21. The fourth-order valence-electron chi connectivity index (χ4n) is 2.55. The first-order valence-corrected chi connectivity index (χ1v) is 9.46. The molecule has 3 rings (SSSR count). The predicted octanol–water partition coefficient (Wildman–Crippen LogP) is 3.96. The van der Waals surface area contributed by atoms with Crippen molar-refractivity contribution in [2.24, 2.45) is 0 Å². The van der Waals surface area contributed by atoms with E-state index in [1.54, 1.807) is 24.3 Å². The van der Waals surface area contributed by atoms with Crippen LogP contribution in [-0.2, 0) is 11.3 Å². The second-order valence-electron chi connectivity index (χ2n) is 5.85. The zero-order valence-electron chi connectivity index (χ0n) is 15.1. The third kappa shape index (κ3) is 4.36. The third-order valence-electron chi connectivity index (χ3n) is 4.00. The Bertz CT molecular complexity index is 960. The molecule has 7 heteroatoms. The van der Waals surface area contributed by atoms with Crippen LogP contribution in [0.4, 0.5) is 5.69 Å². The zero-order valence-corrected chi connectivity index (χ0v) is 15.9. The van der Waals surface area contributed by atoms with E-state index in [1.807, 2.05) is 48.7 Å². The molecule has 0 aliphatic carbocycles. The Hall–Kier alpha value is -3.11. The number of hydrogen-bond donors (Lipinski definition) is 1. The Balaban J connectivity index is 1.71. The number of anilines is 1. The van der Waals surface area contributed by atoms with E-state index in [1.165, 1.54) is 11.8 Å². The van der Waals surface area contributed by atoms with Gasteiger partial charge in [-0.15, -0.1) is 10.2 Å². The number of aromatic nitrogens is 3. The molecular weight excluding hydrogens is 358 g/mol. The number of nitriles is 1. The number of carbonyl (C=O) groups is 1. The van der Waals surface area contributed by atoms with E-state index >= 15 is 0 Å². The van der Waals surface area contributed by atoms with Crippen LogP contribution in [0.2, 0.25) is 0 Å². The summed E-state index contributed by atoms with van der Waals surface area (Å²) in [5, 5.41) is 20.6. The Morgan fingerprint density at radius 3 is 2.52 bits per heavy atom. The quantitative estimate of drug-likeness (QED) is 0.658. The SMILES string of the molecule is CCn1c(S[C@@H](C)C(=O)Nc2ccc(C#N)cc2)nnc1-c1ccccc1. The van der Waals surface area contributed by atoms with Crippen molar-refractivity contribution in [1.29, 1.82) is 5.26 Å². The highest BCUT2D eigenvalue weighted by atomic mass is 32.2. The van der Waals surface area contributed by atoms with Gasteiger partial charge in [-0.05, 0) is 38.1 Å². The van der Waals surface area contributed by atoms with Crippen LogP contribution >= 0.6 is 11.8 Å². The van der Waals surface area contributed by atoms with E-state index in [-0.39, 0.29) is 11.2 Å². The molecule has 0 aliphatic heterocycles. The Morgan fingerprint density at radius 2 is 1.89 bits per heavy atom. The first kappa shape index (κ1) is 18.7. The number of benzene rings is 2. The molecule has 1 aromatic heterocycles. The predicted molar refractivity (Wildman–Crippen MR) is 106 cm³/mol. The minimum absolute atomic E-state index is 0.128. The van der Waals surface area contributed by atoms with Gasteiger partial charge in [0.05, 0.1) is 16.9 Å². The molecule has 27 heavy (non-hydrogen) atoms. The van der Waals surface area contributed by atoms with Gasteiger partial charge in [0.2, 0.25) is 5.91 Å². The molecule has 136 valence electrons. The van der Waals surface area contributed by atoms with Crippen molar-refractivity contribution in [3.63, 3.8) is 0 Å². The number of nitrogens with zero attached hydrogens (tertiary/aromatic N) is 4. The molecule has 0 fully saturated rings. The molecule has 0 saturated carbocycles. The smallest absolute Gasteiger partial charge is 0.237 e. The lowest BCUT2D eigenvalue weighted by Crippen LogP contribution is -2.22. The maximum absolute atomic E-state index is 12.5. The first-order chi connectivity index (χ1) is 13.1. The molecule has 0 spiro atoms. The molecule has 1 amide bonds. The minimum atomic E-state index is -0.348. The summed E-state index contributed by atoms with van der Waals surface area (Å²) in [6.45, 7) is 4.57. The zero-order chi connectivity index (χ0) is 19.2. The van der Waals surface area contributed by atoms with Crippen molar-refractivity contribution in [3.05, 3.63) is 60.2 Å². The molecule has 6 nitrogen and oxygen atoms in total. The summed E-state index contributed by atoms with van der Waals surface area (Å²) >= 11 is 1.37. The normalized spacial score (nSPS) is 11.6. The van der Waals surface area contributed by atoms with Crippen molar-refractivity contribution in [3.8, 4) is 17.5 Å². The Labute approximate surface area is 162 Å². The molecule has 1 N–H and O–H groups in total. The molecule has 3 aromatic rings. The number of thioether (sulfide) groups is 1. The maximum atomic E-state index is 12.5. The van der Waals surface area contributed by atoms with Crippen LogP contribution in [0.1, 0.15) is 19.4 Å². The van der Waals surface area contributed by atoms with Gasteiger partial charge in [-0.1, -0.05) is 42.1 Å². The molecule has 0 bridgehead atoms. The van der Waals surface area contributed by atoms with Crippen molar-refractivity contribution < 1.29 is 4.79 Å². The molecule has 0 radical (unpaired) electrons. The van der Waals surface area contributed by atoms with E-state index in [0.717, 1.165) is 11.4 Å². The molecule has 1 atom stereocenters. The maximum Gasteiger partial charge on any atom is 0.237 e. The number of amides is 1. The van der Waals surface area contributed by atoms with Crippen LogP contribution in [0.3, 0.4) is 0 Å². The third-order valence-corrected chi connectivity index (χ3v) is 5.08. The highest BCUT2D eigenvalue weighted by molar-refractivity contribution is 8.00. The summed E-state index contributed by atoms with van der Waals surface area (Å²) in [5.74, 6) is 0.664. The molecule has 2 aromatic carbocycles. The van der Waals surface area contributed by atoms with Gasteiger partial charge in [-0.25, -0.2) is 0 Å². The summed E-state index contributed by atoms with van der Waals surface area (Å²) < 4.78 is 2.01. The first-order valence-electron chi connectivity index (χ1n) is 8.58. The summed E-state index contributed by atoms with van der Waals surface area (Å²) in [6.07, 6.45) is 0. The van der Waals surface area contributed by atoms with E-state index in [0.29, 0.717) is 23.0 Å². The van der Waals surface area contributed by atoms with Gasteiger partial charge >= 0.3 is 0 Å². The van der Waals surface area contributed by atoms with Crippen LogP contribution in [-0.4, -0.2) is 25.9 Å². The van der Waals surface area contributed by atoms with Crippen LogP contribution in [0, 0.1) is 11.3 Å². The highest BCUT2D eigenvalue weighted by Gasteiger charge is 2.20. The summed E-state index contributed by atoms with van der Waals surface area (Å²) in [6, 6.07) is 18.7. The minimum Gasteiger partial charge on any atom is -0.325 e. The number of rotatable bonds is 6. The van der Waals surface area contributed by atoms with Crippen LogP contribution in [0.25, 0.3) is 11.4 Å². The van der Waals surface area contributed by atoms with Crippen molar-refractivity contribution in [1.82, 2.24) is 14.8 Å². The van der Waals surface area contributed by atoms with Crippen LogP contribution < -0.4 is 5.32 Å². The summed E-state index contributed by atoms with van der Waals surface area (Å²) in [7, 11) is 0. The van der Waals surface area contributed by atoms with Gasteiger partial charge in [-0.2, -0.15) is 5.26 Å². The average Bonchev–Trinajstić information content (AvgIpc) is 3.11. The van der Waals surface area contributed by atoms with E-state index < -0.39 is 0 Å². The topological polar surface area (TPSA) is 83.6 Å². The molecule has 0 saturated heterocycles. The largest absolute Gasteiger partial charge is 0.325 e. The van der Waals surface area contributed by atoms with Gasteiger partial charge < -0.3 is 9.88 Å². The van der Waals surface area contributed by atoms with Gasteiger partial charge in [-0.3, -0.25) is 4.79 Å². The second kappa shape index (κ2) is 8.52. The van der Waals surface area contributed by atoms with Gasteiger partial charge in [0.1, 0.15) is 0 Å². The summed E-state index contributed by atoms with van der Waals surface area (Å²) in [4.78, 5) is 12.5. The van der Waals surface area contributed by atoms with Crippen molar-refractivity contribution in [2.45, 2.75) is 30.8 Å². The lowest BCUT2D eigenvalue weighted by molar-refractivity contribution is -0.115. The number of hydrogen-bond acceptors (Lipinski definition) is 5. The van der Waals surface area contributed by atoms with Gasteiger partial charge in [0.15, 0.2) is 11.0 Å². The van der Waals surface area contributed by atoms with E-state index in [2.05, 4.69) is 21.6 Å². The van der Waals surface area contributed by atoms with Crippen molar-refractivity contribution >= 4 is 23.4 Å². The lowest BCUT2D eigenvalue weighted by Gasteiger charge is -2.13. The van der Waals surface area contributed by atoms with Crippen LogP contribution in [0.15, 0.2) is 59.8 Å². The fourth-order valence-corrected chi connectivity index (χ4v) is 3.46. The second-order valence-corrected chi connectivity index (χ2v) is 7.16. The standard InChI is InChI=1S/C20H19N5OS/c1-3-25-18(16-7-5-4-6-8-16)23-24-20(25)27-14(2)19(26)22-17-11-9-15(13-21)10-12-17/h4-12,14H,3H2,1-2H3,(H,22,26)/t14-/m0/s1. The lowest BCUT2D eigenvalue weighted by atomic mass is 10.2. The Kier molecular flexibility index (Phi) is 5.89. The van der Waals surface area contributed by atoms with Gasteiger partial charge in [0, 0.05) is 17.8 Å². The molecule has 0 aliphatic rings. The Morgan fingerprint density at radius 1 is 1.19 bits per heavy atom. The van der Waals surface area contributed by atoms with E-state index in [9.17, 15) is 4.79 Å². The van der Waals surface area contributed by atoms with Crippen molar-refractivity contribution in [2.75, 3.05) is 5.32 Å². The molecule has 1 heterocycles. The monoisotopic (exact) mass is 377 g/mol. The highest BCUT2D eigenvalue weighted by Crippen LogP contribution is 2.27. The fraction of sp³-hybridized carbons (Fsp3) is 0.200.